The van der Waals surface area contributed by atoms with Crippen LogP contribution in [0, 0.1) is 12.7 Å². The zero-order valence-corrected chi connectivity index (χ0v) is 7.54. The number of hydrogen-bond acceptors (Lipinski definition) is 2. The van der Waals surface area contributed by atoms with Crippen LogP contribution in [0.1, 0.15) is 34.5 Å². The van der Waals surface area contributed by atoms with E-state index in [-0.39, 0.29) is 5.56 Å². The van der Waals surface area contributed by atoms with Crippen LogP contribution >= 0.6 is 0 Å². The van der Waals surface area contributed by atoms with Crippen molar-refractivity contribution in [1.82, 2.24) is 0 Å². The molecular weight excluding hydrogens is 171 g/mol. The Balaban J connectivity index is 3.32. The van der Waals surface area contributed by atoms with E-state index in [9.17, 15) is 14.3 Å². The second-order valence-corrected chi connectivity index (χ2v) is 3.02. The van der Waals surface area contributed by atoms with Crippen LogP contribution in [0.5, 0.6) is 0 Å². The van der Waals surface area contributed by atoms with Crippen molar-refractivity contribution in [3.63, 3.8) is 0 Å². The predicted octanol–water partition coefficient (Wildman–Crippen LogP) is 2.00. The van der Waals surface area contributed by atoms with E-state index in [2.05, 4.69) is 0 Å². The summed E-state index contributed by atoms with van der Waals surface area (Å²) in [6, 6.07) is 2.63. The van der Waals surface area contributed by atoms with Gasteiger partial charge in [0.1, 0.15) is 5.82 Å². The number of carbonyl (C=O) groups excluding carboxylic acids is 1. The van der Waals surface area contributed by atoms with E-state index in [1.54, 1.807) is 13.8 Å². The third kappa shape index (κ3) is 1.92. The van der Waals surface area contributed by atoms with Crippen molar-refractivity contribution in [2.24, 2.45) is 0 Å². The highest BCUT2D eigenvalue weighted by Crippen LogP contribution is 2.20. The molecule has 0 amide bonds. The van der Waals surface area contributed by atoms with Gasteiger partial charge in [-0.15, -0.1) is 0 Å². The van der Waals surface area contributed by atoms with E-state index < -0.39 is 11.9 Å². The maximum absolute atomic E-state index is 13.0. The van der Waals surface area contributed by atoms with Gasteiger partial charge in [0.15, 0.2) is 6.29 Å². The average molecular weight is 182 g/mol. The highest BCUT2D eigenvalue weighted by Gasteiger charge is 2.10. The van der Waals surface area contributed by atoms with Gasteiger partial charge >= 0.3 is 0 Å². The van der Waals surface area contributed by atoms with Crippen LogP contribution in [-0.2, 0) is 0 Å². The van der Waals surface area contributed by atoms with E-state index in [1.807, 2.05) is 0 Å². The molecule has 1 atom stereocenters. The smallest absolute Gasteiger partial charge is 0.150 e. The van der Waals surface area contributed by atoms with Crippen molar-refractivity contribution in [3.05, 3.63) is 34.6 Å². The minimum absolute atomic E-state index is 0.207. The van der Waals surface area contributed by atoms with Gasteiger partial charge in [0.2, 0.25) is 0 Å². The molecule has 1 aromatic rings. The van der Waals surface area contributed by atoms with E-state index in [0.717, 1.165) is 6.07 Å². The Morgan fingerprint density at radius 2 is 2.15 bits per heavy atom. The zero-order chi connectivity index (χ0) is 10.0. The first-order valence-corrected chi connectivity index (χ1v) is 3.99. The molecule has 0 bridgehead atoms. The predicted molar refractivity (Wildman–Crippen MR) is 47.2 cm³/mol. The number of rotatable bonds is 2. The lowest BCUT2D eigenvalue weighted by Gasteiger charge is -2.09. The Bertz CT molecular complexity index is 332. The summed E-state index contributed by atoms with van der Waals surface area (Å²) in [6.07, 6.45) is -0.204. The molecule has 0 spiro atoms. The first-order chi connectivity index (χ1) is 6.06. The third-order valence-electron chi connectivity index (χ3n) is 1.94. The standard InChI is InChI=1S/C10H11FO2/c1-6-3-9(7(2)13)8(5-12)4-10(6)11/h3-5,7,13H,1-2H3. The summed E-state index contributed by atoms with van der Waals surface area (Å²) in [4.78, 5) is 10.5. The summed E-state index contributed by atoms with van der Waals surface area (Å²) < 4.78 is 13.0. The van der Waals surface area contributed by atoms with E-state index >= 15 is 0 Å². The summed E-state index contributed by atoms with van der Waals surface area (Å²) >= 11 is 0. The summed E-state index contributed by atoms with van der Waals surface area (Å²) in [5.41, 5.74) is 1.11. The highest BCUT2D eigenvalue weighted by atomic mass is 19.1. The molecular formula is C10H11FO2. The molecule has 0 saturated heterocycles. The van der Waals surface area contributed by atoms with Crippen LogP contribution in [0.2, 0.25) is 0 Å². The number of halogens is 1. The van der Waals surface area contributed by atoms with E-state index in [1.165, 1.54) is 6.07 Å². The molecule has 0 aromatic heterocycles. The molecule has 0 radical (unpaired) electrons. The van der Waals surface area contributed by atoms with Crippen LogP contribution in [0.4, 0.5) is 4.39 Å². The van der Waals surface area contributed by atoms with Crippen molar-refractivity contribution in [3.8, 4) is 0 Å². The molecule has 3 heteroatoms. The van der Waals surface area contributed by atoms with E-state index in [0.29, 0.717) is 17.4 Å². The Kier molecular flexibility index (Phi) is 2.78. The maximum Gasteiger partial charge on any atom is 0.150 e. The van der Waals surface area contributed by atoms with Crippen molar-refractivity contribution < 1.29 is 14.3 Å². The first-order valence-electron chi connectivity index (χ1n) is 3.99. The number of aliphatic hydroxyl groups is 1. The van der Waals surface area contributed by atoms with Gasteiger partial charge in [-0.2, -0.15) is 0 Å². The SMILES string of the molecule is Cc1cc(C(C)O)c(C=O)cc1F. The third-order valence-corrected chi connectivity index (χ3v) is 1.94. The van der Waals surface area contributed by atoms with Crippen molar-refractivity contribution >= 4 is 6.29 Å². The number of benzene rings is 1. The van der Waals surface area contributed by atoms with Crippen molar-refractivity contribution in [1.29, 1.82) is 0 Å². The number of aldehydes is 1. The summed E-state index contributed by atoms with van der Waals surface area (Å²) in [6.45, 7) is 3.13. The second-order valence-electron chi connectivity index (χ2n) is 3.02. The quantitative estimate of drug-likeness (QED) is 0.710. The lowest BCUT2D eigenvalue weighted by molar-refractivity contribution is 0.111. The number of carbonyl (C=O) groups is 1. The Morgan fingerprint density at radius 1 is 1.54 bits per heavy atom. The monoisotopic (exact) mass is 182 g/mol. The Morgan fingerprint density at radius 3 is 2.62 bits per heavy atom. The minimum Gasteiger partial charge on any atom is -0.389 e. The molecule has 0 aliphatic heterocycles. The maximum atomic E-state index is 13.0. The lowest BCUT2D eigenvalue weighted by Crippen LogP contribution is -2.00. The molecule has 0 fully saturated rings. The molecule has 0 heterocycles. The van der Waals surface area contributed by atoms with Gasteiger partial charge in [-0.25, -0.2) is 4.39 Å². The topological polar surface area (TPSA) is 37.3 Å². The average Bonchev–Trinajstić information content (AvgIpc) is 2.08. The van der Waals surface area contributed by atoms with Crippen LogP contribution in [0.25, 0.3) is 0 Å². The molecule has 1 rings (SSSR count). The fraction of sp³-hybridized carbons (Fsp3) is 0.300. The molecule has 0 aliphatic carbocycles. The van der Waals surface area contributed by atoms with Crippen molar-refractivity contribution in [2.45, 2.75) is 20.0 Å². The van der Waals surface area contributed by atoms with Gasteiger partial charge in [-0.1, -0.05) is 0 Å². The summed E-state index contributed by atoms with van der Waals surface area (Å²) in [5, 5.41) is 9.27. The van der Waals surface area contributed by atoms with Crippen LogP contribution in [0.3, 0.4) is 0 Å². The molecule has 13 heavy (non-hydrogen) atoms. The number of hydrogen-bond donors (Lipinski definition) is 1. The van der Waals surface area contributed by atoms with Gasteiger partial charge in [0.25, 0.3) is 0 Å². The normalized spacial score (nSPS) is 12.6. The zero-order valence-electron chi connectivity index (χ0n) is 7.54. The molecule has 0 saturated carbocycles. The largest absolute Gasteiger partial charge is 0.389 e. The molecule has 2 nitrogen and oxygen atoms in total. The van der Waals surface area contributed by atoms with Gasteiger partial charge in [0.05, 0.1) is 6.10 Å². The number of aliphatic hydroxyl groups excluding tert-OH is 1. The number of aryl methyl sites for hydroxylation is 1. The minimum atomic E-state index is -0.750. The Labute approximate surface area is 76.0 Å². The molecule has 1 unspecified atom stereocenters. The fourth-order valence-electron chi connectivity index (χ4n) is 1.18. The van der Waals surface area contributed by atoms with Gasteiger partial charge in [-0.05, 0) is 37.1 Å². The van der Waals surface area contributed by atoms with Crippen molar-refractivity contribution in [2.75, 3.05) is 0 Å². The second kappa shape index (κ2) is 3.66. The van der Waals surface area contributed by atoms with Gasteiger partial charge < -0.3 is 5.11 Å². The molecule has 70 valence electrons. The van der Waals surface area contributed by atoms with Crippen LogP contribution in [-0.4, -0.2) is 11.4 Å². The lowest BCUT2D eigenvalue weighted by atomic mass is 10.0. The van der Waals surface area contributed by atoms with Gasteiger partial charge in [0, 0.05) is 5.56 Å². The van der Waals surface area contributed by atoms with Crippen LogP contribution < -0.4 is 0 Å². The first kappa shape index (κ1) is 9.86. The molecule has 0 aliphatic rings. The molecule has 1 aromatic carbocycles. The van der Waals surface area contributed by atoms with Gasteiger partial charge in [-0.3, -0.25) is 4.79 Å². The van der Waals surface area contributed by atoms with E-state index in [4.69, 9.17) is 0 Å². The highest BCUT2D eigenvalue weighted by molar-refractivity contribution is 5.77. The van der Waals surface area contributed by atoms with Crippen LogP contribution in [0.15, 0.2) is 12.1 Å². The summed E-state index contributed by atoms with van der Waals surface area (Å²) in [7, 11) is 0. The molecule has 1 N–H and O–H groups in total. The Hall–Kier alpha value is -1.22. The fourth-order valence-corrected chi connectivity index (χ4v) is 1.18. The summed E-state index contributed by atoms with van der Waals surface area (Å²) in [5.74, 6) is -0.425.